The van der Waals surface area contributed by atoms with Crippen LogP contribution in [0, 0.1) is 5.82 Å². The second-order valence-corrected chi connectivity index (χ2v) is 7.11. The van der Waals surface area contributed by atoms with E-state index in [0.29, 0.717) is 16.8 Å². The van der Waals surface area contributed by atoms with Gasteiger partial charge in [-0.2, -0.15) is 18.2 Å². The van der Waals surface area contributed by atoms with Gasteiger partial charge in [0.1, 0.15) is 5.82 Å². The SMILES string of the molecule is O=C(Cc1ccc(F)cc1)Nc1nc2ncc(Cl)cn2c1-c1ccc(C(F)(F)F)cc1. The number of fused-ring (bicyclic) bond motifs is 1. The molecular formula is C21H13ClF4N4O. The molecule has 2 aromatic heterocycles. The number of hydrogen-bond donors (Lipinski definition) is 1. The lowest BCUT2D eigenvalue weighted by Crippen LogP contribution is -2.15. The Bertz CT molecular complexity index is 1250. The number of rotatable bonds is 4. The quantitative estimate of drug-likeness (QED) is 0.426. The normalized spacial score (nSPS) is 11.6. The molecular weight excluding hydrogens is 436 g/mol. The van der Waals surface area contributed by atoms with Gasteiger partial charge in [-0.1, -0.05) is 35.9 Å². The molecule has 1 amide bonds. The molecule has 4 rings (SSSR count). The summed E-state index contributed by atoms with van der Waals surface area (Å²) < 4.78 is 53.3. The first kappa shape index (κ1) is 20.8. The molecule has 0 bridgehead atoms. The third-order valence-electron chi connectivity index (χ3n) is 4.47. The van der Waals surface area contributed by atoms with Crippen molar-refractivity contribution in [3.63, 3.8) is 0 Å². The second-order valence-electron chi connectivity index (χ2n) is 6.68. The van der Waals surface area contributed by atoms with Crippen LogP contribution in [0.1, 0.15) is 11.1 Å². The van der Waals surface area contributed by atoms with Gasteiger partial charge in [-0.05, 0) is 29.8 Å². The zero-order valence-corrected chi connectivity index (χ0v) is 16.4. The molecule has 1 N–H and O–H groups in total. The Kier molecular flexibility index (Phi) is 5.36. The van der Waals surface area contributed by atoms with Crippen LogP contribution in [0.3, 0.4) is 0 Å². The minimum atomic E-state index is -4.48. The number of alkyl halides is 3. The molecule has 0 saturated heterocycles. The highest BCUT2D eigenvalue weighted by atomic mass is 35.5. The van der Waals surface area contributed by atoms with Crippen molar-refractivity contribution >= 4 is 29.1 Å². The molecule has 0 atom stereocenters. The topological polar surface area (TPSA) is 59.3 Å². The van der Waals surface area contributed by atoms with E-state index in [1.54, 1.807) is 0 Å². The predicted molar refractivity (Wildman–Crippen MR) is 107 cm³/mol. The minimum absolute atomic E-state index is 0.0468. The first-order valence-electron chi connectivity index (χ1n) is 8.96. The average Bonchev–Trinajstić information content (AvgIpc) is 3.06. The van der Waals surface area contributed by atoms with E-state index in [1.807, 2.05) is 0 Å². The van der Waals surface area contributed by atoms with Crippen molar-refractivity contribution in [3.8, 4) is 11.3 Å². The molecule has 0 saturated carbocycles. The summed E-state index contributed by atoms with van der Waals surface area (Å²) in [4.78, 5) is 20.9. The molecule has 0 aliphatic heterocycles. The van der Waals surface area contributed by atoms with Gasteiger partial charge in [0.25, 0.3) is 0 Å². The van der Waals surface area contributed by atoms with E-state index in [4.69, 9.17) is 11.6 Å². The van der Waals surface area contributed by atoms with Gasteiger partial charge < -0.3 is 5.32 Å². The number of carbonyl (C=O) groups is 1. The van der Waals surface area contributed by atoms with Crippen LogP contribution < -0.4 is 5.32 Å². The average molecular weight is 449 g/mol. The highest BCUT2D eigenvalue weighted by Crippen LogP contribution is 2.33. The van der Waals surface area contributed by atoms with Crippen LogP contribution in [0.2, 0.25) is 5.02 Å². The Labute approximate surface area is 178 Å². The van der Waals surface area contributed by atoms with Gasteiger partial charge in [0.15, 0.2) is 5.82 Å². The van der Waals surface area contributed by atoms with Gasteiger partial charge in [-0.3, -0.25) is 9.20 Å². The third-order valence-corrected chi connectivity index (χ3v) is 4.66. The van der Waals surface area contributed by atoms with Crippen molar-refractivity contribution in [2.75, 3.05) is 5.32 Å². The number of imidazole rings is 1. The van der Waals surface area contributed by atoms with Crippen LogP contribution in [-0.2, 0) is 17.4 Å². The summed E-state index contributed by atoms with van der Waals surface area (Å²) in [5, 5.41) is 2.94. The lowest BCUT2D eigenvalue weighted by Gasteiger charge is -2.10. The first-order chi connectivity index (χ1) is 14.7. The monoisotopic (exact) mass is 448 g/mol. The number of hydrogen-bond acceptors (Lipinski definition) is 3. The maximum absolute atomic E-state index is 13.1. The van der Waals surface area contributed by atoms with Crippen LogP contribution in [-0.4, -0.2) is 20.3 Å². The fraction of sp³-hybridized carbons (Fsp3) is 0.0952. The van der Waals surface area contributed by atoms with Crippen molar-refractivity contribution < 1.29 is 22.4 Å². The van der Waals surface area contributed by atoms with Crippen molar-refractivity contribution in [1.82, 2.24) is 14.4 Å². The zero-order valence-electron chi connectivity index (χ0n) is 15.6. The minimum Gasteiger partial charge on any atom is -0.309 e. The van der Waals surface area contributed by atoms with E-state index in [1.165, 1.54) is 53.2 Å². The molecule has 158 valence electrons. The Morgan fingerprint density at radius 2 is 1.74 bits per heavy atom. The van der Waals surface area contributed by atoms with Gasteiger partial charge in [0.05, 0.1) is 28.9 Å². The van der Waals surface area contributed by atoms with E-state index in [9.17, 15) is 22.4 Å². The lowest BCUT2D eigenvalue weighted by molar-refractivity contribution is -0.137. The molecule has 0 aliphatic rings. The van der Waals surface area contributed by atoms with Crippen LogP contribution in [0.4, 0.5) is 23.4 Å². The Balaban J connectivity index is 1.71. The molecule has 0 radical (unpaired) electrons. The molecule has 0 spiro atoms. The number of halogens is 5. The van der Waals surface area contributed by atoms with E-state index in [2.05, 4.69) is 15.3 Å². The van der Waals surface area contributed by atoms with Crippen LogP contribution >= 0.6 is 11.6 Å². The highest BCUT2D eigenvalue weighted by molar-refractivity contribution is 6.30. The number of nitrogens with one attached hydrogen (secondary N) is 1. The summed E-state index contributed by atoms with van der Waals surface area (Å²) in [6.45, 7) is 0. The maximum atomic E-state index is 13.1. The smallest absolute Gasteiger partial charge is 0.309 e. The largest absolute Gasteiger partial charge is 0.416 e. The molecule has 2 heterocycles. The number of amides is 1. The number of carbonyl (C=O) groups excluding carboxylic acids is 1. The Hall–Kier alpha value is -3.46. The Morgan fingerprint density at radius 3 is 2.39 bits per heavy atom. The fourth-order valence-corrected chi connectivity index (χ4v) is 3.20. The van der Waals surface area contributed by atoms with Crippen molar-refractivity contribution in [2.45, 2.75) is 12.6 Å². The van der Waals surface area contributed by atoms with Gasteiger partial charge in [-0.15, -0.1) is 0 Å². The van der Waals surface area contributed by atoms with Gasteiger partial charge >= 0.3 is 6.18 Å². The molecule has 31 heavy (non-hydrogen) atoms. The fourth-order valence-electron chi connectivity index (χ4n) is 3.05. The van der Waals surface area contributed by atoms with E-state index < -0.39 is 23.5 Å². The van der Waals surface area contributed by atoms with Crippen molar-refractivity contribution in [2.24, 2.45) is 0 Å². The molecule has 10 heteroatoms. The molecule has 0 fully saturated rings. The first-order valence-corrected chi connectivity index (χ1v) is 9.34. The van der Waals surface area contributed by atoms with Crippen LogP contribution in [0.25, 0.3) is 17.0 Å². The van der Waals surface area contributed by atoms with Gasteiger partial charge in [0.2, 0.25) is 11.7 Å². The van der Waals surface area contributed by atoms with Crippen LogP contribution in [0.5, 0.6) is 0 Å². The Morgan fingerprint density at radius 1 is 1.06 bits per heavy atom. The summed E-state index contributed by atoms with van der Waals surface area (Å²) >= 11 is 6.02. The number of benzene rings is 2. The zero-order chi connectivity index (χ0) is 22.2. The van der Waals surface area contributed by atoms with Crippen molar-refractivity contribution in [3.05, 3.63) is 82.9 Å². The molecule has 4 aromatic rings. The molecule has 2 aromatic carbocycles. The second kappa shape index (κ2) is 7.99. The van der Waals surface area contributed by atoms with E-state index in [-0.39, 0.29) is 23.0 Å². The maximum Gasteiger partial charge on any atom is 0.416 e. The van der Waals surface area contributed by atoms with E-state index in [0.717, 1.165) is 12.1 Å². The number of aromatic nitrogens is 3. The predicted octanol–water partition coefficient (Wildman–Crippen LogP) is 5.39. The highest BCUT2D eigenvalue weighted by Gasteiger charge is 2.30. The van der Waals surface area contributed by atoms with Crippen LogP contribution in [0.15, 0.2) is 60.9 Å². The summed E-state index contributed by atoms with van der Waals surface area (Å²) in [6.07, 6.45) is -1.66. The summed E-state index contributed by atoms with van der Waals surface area (Å²) in [5.41, 5.74) is 0.482. The summed E-state index contributed by atoms with van der Waals surface area (Å²) in [5.74, 6) is -0.538. The van der Waals surface area contributed by atoms with Crippen molar-refractivity contribution in [1.29, 1.82) is 0 Å². The molecule has 0 aliphatic carbocycles. The number of nitrogens with zero attached hydrogens (tertiary/aromatic N) is 3. The molecule has 5 nitrogen and oxygen atoms in total. The van der Waals surface area contributed by atoms with Gasteiger partial charge in [-0.25, -0.2) is 9.37 Å². The van der Waals surface area contributed by atoms with E-state index >= 15 is 0 Å². The summed E-state index contributed by atoms with van der Waals surface area (Å²) in [6, 6.07) is 9.90. The van der Waals surface area contributed by atoms with Gasteiger partial charge in [0, 0.05) is 11.8 Å². The molecule has 0 unspecified atom stereocenters. The number of anilines is 1. The summed E-state index contributed by atoms with van der Waals surface area (Å²) in [7, 11) is 0. The lowest BCUT2D eigenvalue weighted by atomic mass is 10.1. The third kappa shape index (κ3) is 4.51. The standard InChI is InChI=1S/C21H13ClF4N4O/c22-15-10-27-20-29-19(28-17(31)9-12-1-7-16(23)8-2-12)18(30(20)11-15)13-3-5-14(6-4-13)21(24,25)26/h1-8,10-11H,9H2,(H,28,31).